The predicted molar refractivity (Wildman–Crippen MR) is 80.0 cm³/mol. The first-order valence-corrected chi connectivity index (χ1v) is 15.5. The third kappa shape index (κ3) is 9270. The van der Waals surface area contributed by atoms with E-state index in [2.05, 4.69) is 0 Å². The first-order valence-electron chi connectivity index (χ1n) is 5.17. The third-order valence-corrected chi connectivity index (χ3v) is 0. The largest absolute Gasteiger partial charge is 2.00 e. The van der Waals surface area contributed by atoms with E-state index in [1.807, 2.05) is 0 Å². The fourth-order valence-electron chi connectivity index (χ4n) is 0. The van der Waals surface area contributed by atoms with E-state index in [9.17, 15) is 16.8 Å². The molecule has 0 aliphatic carbocycles. The van der Waals surface area contributed by atoms with Crippen LogP contribution in [0.2, 0.25) is 0 Å². The zero-order valence-electron chi connectivity index (χ0n) is 15.6. The molecule has 0 spiro atoms. The summed E-state index contributed by atoms with van der Waals surface area (Å²) in [5.74, 6) is 0. The summed E-state index contributed by atoms with van der Waals surface area (Å²) < 4.78 is 106. The van der Waals surface area contributed by atoms with E-state index in [4.69, 9.17) is 37.3 Å². The average Bonchev–Trinajstić information content (AvgIpc) is 2.03. The summed E-state index contributed by atoms with van der Waals surface area (Å²) in [6.07, 6.45) is 13.1. The van der Waals surface area contributed by atoms with Gasteiger partial charge in [-0.15, -0.1) is 20.5 Å². The molecule has 19 heteroatoms. The minimum absolute atomic E-state index is 0. The average molecular weight is 575 g/mol. The zero-order valence-corrected chi connectivity index (χ0v) is 21.3. The number of halogens is 2. The summed E-state index contributed by atoms with van der Waals surface area (Å²) in [7, 11) is -12.3. The van der Waals surface area contributed by atoms with Gasteiger partial charge < -0.3 is 0 Å². The van der Waals surface area contributed by atoms with Crippen molar-refractivity contribution in [2.45, 2.75) is 0 Å². The maximum absolute atomic E-state index is 9.56. The second kappa shape index (κ2) is 29.6. The second-order valence-corrected chi connectivity index (χ2v) is 11.2. The molecular formula is C8H24Cl2CuO12S4. The van der Waals surface area contributed by atoms with Crippen molar-refractivity contribution in [3.8, 4) is 0 Å². The minimum atomic E-state index is -4.94. The van der Waals surface area contributed by atoms with Crippen LogP contribution in [0.3, 0.4) is 0 Å². The van der Waals surface area contributed by atoms with Gasteiger partial charge in [-0.25, -0.2) is 37.3 Å². The van der Waals surface area contributed by atoms with Gasteiger partial charge in [0, 0.05) is 93.2 Å². The molecule has 0 fully saturated rings. The zero-order chi connectivity index (χ0) is 23.3. The standard InChI is InChI=1S/4C2H6OS.2ClHO4.Cu/c4*1-4(2)3;2*2-1(3,4)5;/h4*1-2H3;2*(H,2,3,4,5);/q;;;;;;+2/p-2. The Balaban J connectivity index is -0.0000000354. The molecule has 0 amide bonds. The summed E-state index contributed by atoms with van der Waals surface area (Å²) in [4.78, 5) is 0. The normalized spacial score (nSPS) is 9.63. The predicted octanol–water partition coefficient (Wildman–Crippen LogP) is -9.54. The van der Waals surface area contributed by atoms with E-state index in [-0.39, 0.29) is 17.1 Å². The van der Waals surface area contributed by atoms with Crippen LogP contribution >= 0.6 is 0 Å². The molecule has 27 heavy (non-hydrogen) atoms. The van der Waals surface area contributed by atoms with Gasteiger partial charge in [-0.05, 0) is 0 Å². The maximum atomic E-state index is 9.56. The molecule has 12 nitrogen and oxygen atoms in total. The van der Waals surface area contributed by atoms with Gasteiger partial charge >= 0.3 is 17.1 Å². The molecule has 0 bridgehead atoms. The van der Waals surface area contributed by atoms with E-state index >= 15 is 0 Å². The van der Waals surface area contributed by atoms with Crippen LogP contribution in [-0.4, -0.2) is 66.9 Å². The molecular weight excluding hydrogens is 551 g/mol. The summed E-state index contributed by atoms with van der Waals surface area (Å²) in [6.45, 7) is 0. The van der Waals surface area contributed by atoms with Crippen molar-refractivity contribution in [1.82, 2.24) is 0 Å². The molecule has 0 aromatic rings. The summed E-state index contributed by atoms with van der Waals surface area (Å²) >= 11 is 0. The Morgan fingerprint density at radius 2 is 0.407 bits per heavy atom. The fourth-order valence-corrected chi connectivity index (χ4v) is 0. The van der Waals surface area contributed by atoms with E-state index < -0.39 is 63.7 Å². The van der Waals surface area contributed by atoms with Gasteiger partial charge in [-0.3, -0.25) is 16.8 Å². The Kier molecular flexibility index (Phi) is 51.0. The topological polar surface area (TPSA) is 253 Å². The van der Waals surface area contributed by atoms with Crippen molar-refractivity contribution in [3.63, 3.8) is 0 Å². The molecule has 177 valence electrons. The number of rotatable bonds is 0. The second-order valence-electron chi connectivity index (χ2n) is 3.72. The minimum Gasteiger partial charge on any atom is -0.260 e. The van der Waals surface area contributed by atoms with Gasteiger partial charge in [0.25, 0.3) is 0 Å². The number of hydrogen-bond donors (Lipinski definition) is 0. The Labute approximate surface area is 184 Å². The molecule has 0 aromatic heterocycles. The summed E-state index contributed by atoms with van der Waals surface area (Å²) in [5.41, 5.74) is 0. The third-order valence-electron chi connectivity index (χ3n) is 0. The smallest absolute Gasteiger partial charge is 0.260 e. The molecule has 1 radical (unpaired) electrons. The van der Waals surface area contributed by atoms with Crippen molar-refractivity contribution in [2.75, 3.05) is 50.0 Å². The molecule has 0 heterocycles. The van der Waals surface area contributed by atoms with Crippen molar-refractivity contribution < 1.29 is 91.7 Å². The van der Waals surface area contributed by atoms with E-state index in [1.165, 1.54) is 0 Å². The van der Waals surface area contributed by atoms with Crippen molar-refractivity contribution in [3.05, 3.63) is 0 Å². The van der Waals surface area contributed by atoms with Crippen LogP contribution in [0.1, 0.15) is 0 Å². The molecule has 0 N–H and O–H groups in total. The first-order chi connectivity index (χ1) is 10.9. The Morgan fingerprint density at radius 1 is 0.407 bits per heavy atom. The monoisotopic (exact) mass is 573 g/mol. The van der Waals surface area contributed by atoms with Crippen molar-refractivity contribution in [2.24, 2.45) is 0 Å². The van der Waals surface area contributed by atoms with E-state index in [0.29, 0.717) is 0 Å². The van der Waals surface area contributed by atoms with Crippen LogP contribution in [0.4, 0.5) is 0 Å². The van der Waals surface area contributed by atoms with Gasteiger partial charge in [0.15, 0.2) is 0 Å². The molecule has 0 saturated heterocycles. The van der Waals surface area contributed by atoms with Crippen LogP contribution < -0.4 is 37.3 Å². The molecule has 0 rings (SSSR count). The Morgan fingerprint density at radius 3 is 0.407 bits per heavy atom. The molecule has 0 atom stereocenters. The van der Waals surface area contributed by atoms with E-state index in [0.717, 1.165) is 0 Å². The fraction of sp³-hybridized carbons (Fsp3) is 1.00. The first kappa shape index (κ1) is 46.5. The van der Waals surface area contributed by atoms with Crippen LogP contribution in [0.15, 0.2) is 0 Å². The van der Waals surface area contributed by atoms with Crippen molar-refractivity contribution in [1.29, 1.82) is 0 Å². The quantitative estimate of drug-likeness (QED) is 0.244. The number of hydrogen-bond acceptors (Lipinski definition) is 12. The summed E-state index contributed by atoms with van der Waals surface area (Å²) in [6, 6.07) is 0. The molecule has 0 unspecified atom stereocenters. The van der Waals surface area contributed by atoms with Gasteiger partial charge in [-0.1, -0.05) is 0 Å². The summed E-state index contributed by atoms with van der Waals surface area (Å²) in [5, 5.41) is 0. The Bertz CT molecular complexity index is 301. The maximum Gasteiger partial charge on any atom is 2.00 e. The van der Waals surface area contributed by atoms with Gasteiger partial charge in [-0.2, -0.15) is 0 Å². The van der Waals surface area contributed by atoms with Gasteiger partial charge in [0.1, 0.15) is 0 Å². The van der Waals surface area contributed by atoms with E-state index in [1.54, 1.807) is 50.0 Å². The SMILES string of the molecule is CS(C)=O.CS(C)=O.CS(C)=O.CS(C)=O.[Cu+2].[O-][Cl+3]([O-])([O-])[O-].[O-][Cl+3]([O-])([O-])[O-]. The van der Waals surface area contributed by atoms with Gasteiger partial charge in [0.05, 0.1) is 0 Å². The molecule has 0 aliphatic heterocycles. The molecule has 0 saturated carbocycles. The van der Waals surface area contributed by atoms with Gasteiger partial charge in [0.2, 0.25) is 0 Å². The van der Waals surface area contributed by atoms with Crippen LogP contribution in [0.5, 0.6) is 0 Å². The van der Waals surface area contributed by atoms with Crippen molar-refractivity contribution >= 4 is 43.2 Å². The van der Waals surface area contributed by atoms with Crippen LogP contribution in [-0.2, 0) is 60.3 Å². The van der Waals surface area contributed by atoms with Crippen LogP contribution in [0.25, 0.3) is 0 Å². The molecule has 0 aliphatic rings. The Hall–Kier alpha value is 1.38. The molecule has 0 aromatic carbocycles. The van der Waals surface area contributed by atoms with Crippen LogP contribution in [0, 0.1) is 20.5 Å².